The molecule has 1 atom stereocenters. The number of hydrogen-bond acceptors (Lipinski definition) is 3. The van der Waals surface area contributed by atoms with Crippen LogP contribution in [0.4, 0.5) is 5.82 Å². The van der Waals surface area contributed by atoms with Crippen LogP contribution in [0.3, 0.4) is 0 Å². The minimum atomic E-state index is -0.968. The topological polar surface area (TPSA) is 79.3 Å². The molecule has 1 unspecified atom stereocenters. The molecule has 112 valence electrons. The van der Waals surface area contributed by atoms with Crippen molar-refractivity contribution in [1.29, 1.82) is 0 Å². The first kappa shape index (κ1) is 14.3. The molecule has 5 heteroatoms. The van der Waals surface area contributed by atoms with Gasteiger partial charge in [0.15, 0.2) is 0 Å². The molecule has 0 aliphatic carbocycles. The molecular weight excluding hydrogens is 280 g/mol. The summed E-state index contributed by atoms with van der Waals surface area (Å²) >= 11 is 0. The number of nitrogens with one attached hydrogen (secondary N) is 1. The number of aromatic carboxylic acids is 1. The molecule has 1 aromatic carbocycles. The maximum absolute atomic E-state index is 12.4. The van der Waals surface area contributed by atoms with Crippen LogP contribution < -0.4 is 5.32 Å². The van der Waals surface area contributed by atoms with Gasteiger partial charge in [-0.25, -0.2) is 9.78 Å². The van der Waals surface area contributed by atoms with Gasteiger partial charge in [-0.3, -0.25) is 4.79 Å². The summed E-state index contributed by atoms with van der Waals surface area (Å²) in [5, 5.41) is 11.9. The van der Waals surface area contributed by atoms with Crippen molar-refractivity contribution in [3.8, 4) is 0 Å². The first-order valence-corrected chi connectivity index (χ1v) is 7.01. The molecule has 3 rings (SSSR count). The van der Waals surface area contributed by atoms with Crippen molar-refractivity contribution in [3.05, 3.63) is 58.8 Å². The minimum absolute atomic E-state index is 0.110. The Hall–Kier alpha value is -2.69. The molecule has 0 spiro atoms. The van der Waals surface area contributed by atoms with Crippen LogP contribution in [0.25, 0.3) is 0 Å². The van der Waals surface area contributed by atoms with Crippen molar-refractivity contribution in [2.24, 2.45) is 0 Å². The lowest BCUT2D eigenvalue weighted by Crippen LogP contribution is -2.33. The van der Waals surface area contributed by atoms with Gasteiger partial charge in [-0.1, -0.05) is 12.1 Å². The van der Waals surface area contributed by atoms with E-state index in [1.54, 1.807) is 30.5 Å². The molecule has 0 bridgehead atoms. The number of carboxylic acids is 1. The fourth-order valence-electron chi connectivity index (χ4n) is 2.87. The van der Waals surface area contributed by atoms with Crippen LogP contribution in [-0.4, -0.2) is 22.0 Å². The third-order valence-corrected chi connectivity index (χ3v) is 4.28. The monoisotopic (exact) mass is 296 g/mol. The minimum Gasteiger partial charge on any atom is -0.478 e. The number of nitrogens with zero attached hydrogens (tertiary/aromatic N) is 1. The lowest BCUT2D eigenvalue weighted by molar-refractivity contribution is -0.120. The van der Waals surface area contributed by atoms with E-state index in [0.29, 0.717) is 12.2 Å². The number of aryl methyl sites for hydroxylation is 1. The van der Waals surface area contributed by atoms with Crippen molar-refractivity contribution >= 4 is 17.7 Å². The summed E-state index contributed by atoms with van der Waals surface area (Å²) < 4.78 is 0. The third kappa shape index (κ3) is 2.15. The molecular formula is C17H16N2O3. The third-order valence-electron chi connectivity index (χ3n) is 4.28. The zero-order valence-corrected chi connectivity index (χ0v) is 12.4. The number of pyridine rings is 1. The Balaban J connectivity index is 2.04. The average molecular weight is 296 g/mol. The predicted molar refractivity (Wildman–Crippen MR) is 82.1 cm³/mol. The van der Waals surface area contributed by atoms with Gasteiger partial charge in [-0.15, -0.1) is 0 Å². The van der Waals surface area contributed by atoms with Gasteiger partial charge in [0.1, 0.15) is 5.82 Å². The van der Waals surface area contributed by atoms with E-state index in [-0.39, 0.29) is 11.5 Å². The second-order valence-corrected chi connectivity index (χ2v) is 5.81. The van der Waals surface area contributed by atoms with Crippen molar-refractivity contribution in [1.82, 2.24) is 4.98 Å². The molecule has 2 aromatic rings. The maximum Gasteiger partial charge on any atom is 0.335 e. The molecule has 1 aliphatic heterocycles. The van der Waals surface area contributed by atoms with Gasteiger partial charge in [0, 0.05) is 11.8 Å². The second-order valence-electron chi connectivity index (χ2n) is 5.81. The summed E-state index contributed by atoms with van der Waals surface area (Å²) in [6, 6.07) is 8.69. The van der Waals surface area contributed by atoms with E-state index in [1.807, 2.05) is 19.9 Å². The lowest BCUT2D eigenvalue weighted by Gasteiger charge is -2.23. The molecule has 1 aromatic heterocycles. The number of carboxylic acid groups (broad SMARTS) is 1. The Morgan fingerprint density at radius 2 is 2.14 bits per heavy atom. The van der Waals surface area contributed by atoms with E-state index in [2.05, 4.69) is 10.3 Å². The molecule has 0 radical (unpaired) electrons. The summed E-state index contributed by atoms with van der Waals surface area (Å²) in [5.41, 5.74) is 2.16. The van der Waals surface area contributed by atoms with E-state index < -0.39 is 11.4 Å². The lowest BCUT2D eigenvalue weighted by atomic mass is 9.78. The highest BCUT2D eigenvalue weighted by atomic mass is 16.4. The Morgan fingerprint density at radius 1 is 1.36 bits per heavy atom. The number of rotatable bonds is 3. The standard InChI is InChI=1S/C17H16N2O3/c1-10-5-6-11(15(20)21)8-12(10)9-17(2)13-4-3-7-18-14(13)19-16(17)22/h3-8H,9H2,1-2H3,(H,20,21)(H,18,19,22). The Bertz CT molecular complexity index is 785. The van der Waals surface area contributed by atoms with E-state index >= 15 is 0 Å². The zero-order valence-electron chi connectivity index (χ0n) is 12.4. The summed E-state index contributed by atoms with van der Waals surface area (Å²) in [6.45, 7) is 3.78. The van der Waals surface area contributed by atoms with Gasteiger partial charge in [0.25, 0.3) is 0 Å². The van der Waals surface area contributed by atoms with Gasteiger partial charge in [-0.2, -0.15) is 0 Å². The maximum atomic E-state index is 12.4. The van der Waals surface area contributed by atoms with E-state index in [4.69, 9.17) is 5.11 Å². The van der Waals surface area contributed by atoms with Crippen molar-refractivity contribution < 1.29 is 14.7 Å². The fourth-order valence-corrected chi connectivity index (χ4v) is 2.87. The Labute approximate surface area is 128 Å². The number of aromatic nitrogens is 1. The second kappa shape index (κ2) is 4.94. The number of hydrogen-bond donors (Lipinski definition) is 2. The highest BCUT2D eigenvalue weighted by Gasteiger charge is 2.43. The summed E-state index contributed by atoms with van der Waals surface area (Å²) in [5.74, 6) is -0.493. The number of benzene rings is 1. The number of carbonyl (C=O) groups excluding carboxylic acids is 1. The molecule has 2 N–H and O–H groups in total. The number of amides is 1. The van der Waals surface area contributed by atoms with Gasteiger partial charge < -0.3 is 10.4 Å². The number of carbonyl (C=O) groups is 2. The highest BCUT2D eigenvalue weighted by Crippen LogP contribution is 2.39. The van der Waals surface area contributed by atoms with Crippen LogP contribution >= 0.6 is 0 Å². The van der Waals surface area contributed by atoms with Crippen LogP contribution in [0, 0.1) is 6.92 Å². The number of anilines is 1. The SMILES string of the molecule is Cc1ccc(C(=O)O)cc1CC1(C)C(=O)Nc2ncccc21. The first-order chi connectivity index (χ1) is 10.4. The summed E-state index contributed by atoms with van der Waals surface area (Å²) in [6.07, 6.45) is 2.08. The molecule has 0 saturated heterocycles. The summed E-state index contributed by atoms with van der Waals surface area (Å²) in [4.78, 5) is 27.8. The van der Waals surface area contributed by atoms with Crippen molar-refractivity contribution in [2.45, 2.75) is 25.7 Å². The predicted octanol–water partition coefficient (Wildman–Crippen LogP) is 2.54. The molecule has 1 aliphatic rings. The molecule has 0 saturated carbocycles. The summed E-state index contributed by atoms with van der Waals surface area (Å²) in [7, 11) is 0. The highest BCUT2D eigenvalue weighted by molar-refractivity contribution is 6.05. The molecule has 1 amide bonds. The van der Waals surface area contributed by atoms with E-state index in [1.165, 1.54) is 0 Å². The molecule has 2 heterocycles. The molecule has 0 fully saturated rings. The molecule has 5 nitrogen and oxygen atoms in total. The normalized spacial score (nSPS) is 19.6. The van der Waals surface area contributed by atoms with Crippen molar-refractivity contribution in [3.63, 3.8) is 0 Å². The molecule has 22 heavy (non-hydrogen) atoms. The van der Waals surface area contributed by atoms with Crippen LogP contribution in [0.15, 0.2) is 36.5 Å². The average Bonchev–Trinajstić information content (AvgIpc) is 2.73. The fraction of sp³-hybridized carbons (Fsp3) is 0.235. The van der Waals surface area contributed by atoms with Gasteiger partial charge in [0.05, 0.1) is 11.0 Å². The van der Waals surface area contributed by atoms with Crippen LogP contribution in [0.2, 0.25) is 0 Å². The largest absolute Gasteiger partial charge is 0.478 e. The van der Waals surface area contributed by atoms with Crippen LogP contribution in [0.1, 0.15) is 34.0 Å². The van der Waals surface area contributed by atoms with Gasteiger partial charge in [-0.05, 0) is 49.6 Å². The van der Waals surface area contributed by atoms with E-state index in [9.17, 15) is 9.59 Å². The zero-order chi connectivity index (χ0) is 15.9. The quantitative estimate of drug-likeness (QED) is 0.912. The van der Waals surface area contributed by atoms with Gasteiger partial charge >= 0.3 is 5.97 Å². The van der Waals surface area contributed by atoms with Crippen molar-refractivity contribution in [2.75, 3.05) is 5.32 Å². The Morgan fingerprint density at radius 3 is 2.86 bits per heavy atom. The van der Waals surface area contributed by atoms with E-state index in [0.717, 1.165) is 16.7 Å². The van der Waals surface area contributed by atoms with Crippen LogP contribution in [-0.2, 0) is 16.6 Å². The number of fused-ring (bicyclic) bond motifs is 1. The first-order valence-electron chi connectivity index (χ1n) is 7.01. The Kier molecular flexibility index (Phi) is 3.20. The van der Waals surface area contributed by atoms with Gasteiger partial charge in [0.2, 0.25) is 5.91 Å². The smallest absolute Gasteiger partial charge is 0.335 e. The van der Waals surface area contributed by atoms with Crippen LogP contribution in [0.5, 0.6) is 0 Å².